The molecule has 0 N–H and O–H groups in total. The Kier molecular flexibility index (Phi) is 32.5. The predicted octanol–water partition coefficient (Wildman–Crippen LogP) is -4.48. The molecule has 0 rings (SSSR count). The van der Waals surface area contributed by atoms with Crippen LogP contribution >= 0.6 is 0 Å². The Hall–Kier alpha value is 1.75. The monoisotopic (exact) mass is 326 g/mol. The van der Waals surface area contributed by atoms with Crippen molar-refractivity contribution in [3.8, 4) is 0 Å². The van der Waals surface area contributed by atoms with Crippen LogP contribution in [0.4, 0.5) is 0 Å². The van der Waals surface area contributed by atoms with Crippen LogP contribution < -0.4 is 74.0 Å². The first kappa shape index (κ1) is 16.4. The van der Waals surface area contributed by atoms with Gasteiger partial charge in [-0.15, -0.1) is 0 Å². The number of carboxylic acids is 1. The third-order valence-corrected chi connectivity index (χ3v) is 0. The molecule has 0 amide bonds. The number of carbonyl (C=O) groups is 1. The van der Waals surface area contributed by atoms with E-state index >= 15 is 0 Å². The Morgan fingerprint density at radius 2 is 1.50 bits per heavy atom. The Morgan fingerprint density at radius 1 is 1.50 bits per heavy atom. The number of carbonyl (C=O) groups excluding carboxylic acids is 1. The summed E-state index contributed by atoms with van der Waals surface area (Å²) in [6, 6.07) is 0. The van der Waals surface area contributed by atoms with Crippen LogP contribution in [0.3, 0.4) is 0 Å². The number of carboxylic acid groups (broad SMARTS) is 1. The summed E-state index contributed by atoms with van der Waals surface area (Å²) in [5, 5.41) is 8.89. The molecule has 44 valence electrons. The summed E-state index contributed by atoms with van der Waals surface area (Å²) in [5.41, 5.74) is 0. The second-order valence-corrected chi connectivity index (χ2v) is 0.840. The average molecular weight is 325 g/mol. The van der Waals surface area contributed by atoms with Crippen LogP contribution in [0.15, 0.2) is 0 Å². The minimum absolute atomic E-state index is 0. The summed E-state index contributed by atoms with van der Waals surface area (Å²) in [6.45, 7) is 0.972. The summed E-state index contributed by atoms with van der Waals surface area (Å²) >= 11 is -1.79. The maximum absolute atomic E-state index is 8.89. The first-order valence-electron chi connectivity index (χ1n) is 1.20. The van der Waals surface area contributed by atoms with Gasteiger partial charge in [-0.2, -0.15) is 0 Å². The number of rotatable bonds is 0. The molecule has 0 saturated heterocycles. The SMILES string of the molecule is CC(=O)[O-].[Cs+].[O]=[Ru]=[O]. The number of hydrogen-bond donors (Lipinski definition) is 0. The van der Waals surface area contributed by atoms with Crippen molar-refractivity contribution in [3.63, 3.8) is 0 Å². The molecule has 0 unspecified atom stereocenters. The van der Waals surface area contributed by atoms with Crippen LogP contribution in [0, 0.1) is 0 Å². The van der Waals surface area contributed by atoms with Crippen molar-refractivity contribution in [2.75, 3.05) is 0 Å². The van der Waals surface area contributed by atoms with E-state index < -0.39 is 23.0 Å². The van der Waals surface area contributed by atoms with Gasteiger partial charge in [0, 0.05) is 5.97 Å². The van der Waals surface area contributed by atoms with Crippen LogP contribution in [0.5, 0.6) is 0 Å². The van der Waals surface area contributed by atoms with E-state index in [9.17, 15) is 0 Å². The van der Waals surface area contributed by atoms with E-state index in [0.29, 0.717) is 0 Å². The Morgan fingerprint density at radius 3 is 1.50 bits per heavy atom. The molecule has 4 nitrogen and oxygen atoms in total. The number of aliphatic carboxylic acids is 1. The Balaban J connectivity index is -0.0000000575. The third kappa shape index (κ3) is 116. The molecule has 0 aromatic carbocycles. The van der Waals surface area contributed by atoms with Gasteiger partial charge in [0.2, 0.25) is 0 Å². The van der Waals surface area contributed by atoms with Crippen molar-refractivity contribution in [2.24, 2.45) is 0 Å². The molecule has 0 spiro atoms. The topological polar surface area (TPSA) is 74.3 Å². The van der Waals surface area contributed by atoms with Crippen molar-refractivity contribution in [1.29, 1.82) is 0 Å². The van der Waals surface area contributed by atoms with Crippen molar-refractivity contribution in [3.05, 3.63) is 0 Å². The summed E-state index contributed by atoms with van der Waals surface area (Å²) in [7, 11) is 0. The zero-order chi connectivity index (χ0) is 6.28. The van der Waals surface area contributed by atoms with Crippen LogP contribution in [0.25, 0.3) is 0 Å². The van der Waals surface area contributed by atoms with E-state index in [2.05, 4.69) is 0 Å². The van der Waals surface area contributed by atoms with Crippen molar-refractivity contribution in [1.82, 2.24) is 0 Å². The fourth-order valence-corrected chi connectivity index (χ4v) is 0. The third-order valence-electron chi connectivity index (χ3n) is 0. The molecule has 0 aliphatic carbocycles. The quantitative estimate of drug-likeness (QED) is 0.421. The first-order chi connectivity index (χ1) is 3.15. The molecule has 0 heterocycles. The van der Waals surface area contributed by atoms with E-state index in [4.69, 9.17) is 17.0 Å². The molecule has 0 aromatic rings. The first-order valence-corrected chi connectivity index (χ1v) is 2.62. The van der Waals surface area contributed by atoms with Crippen LogP contribution in [-0.2, 0) is 29.0 Å². The van der Waals surface area contributed by atoms with Gasteiger partial charge >= 0.3 is 93.1 Å². The van der Waals surface area contributed by atoms with Crippen molar-refractivity contribution < 1.29 is 103 Å². The molecule has 6 heteroatoms. The van der Waals surface area contributed by atoms with E-state index in [0.717, 1.165) is 6.92 Å². The van der Waals surface area contributed by atoms with Gasteiger partial charge in [-0.05, 0) is 6.92 Å². The molecule has 0 atom stereocenters. The molecule has 8 heavy (non-hydrogen) atoms. The molecule has 0 aliphatic heterocycles. The molecule has 0 aromatic heterocycles. The maximum atomic E-state index is 8.89. The Labute approximate surface area is 113 Å². The standard InChI is InChI=1S/C2H4O2.Cs.2O.Ru/c1-2(3)4;;;;/h1H3,(H,3,4);;;;/q;+1;;;/p-1. The summed E-state index contributed by atoms with van der Waals surface area (Å²) < 4.78 is 16.9. The molecule has 0 saturated carbocycles. The molecule has 0 bridgehead atoms. The van der Waals surface area contributed by atoms with E-state index in [-0.39, 0.29) is 68.9 Å². The summed E-state index contributed by atoms with van der Waals surface area (Å²) in [6.07, 6.45) is 0. The average Bonchev–Trinajstić information content (AvgIpc) is 1.33. The minimum atomic E-state index is -1.79. The zero-order valence-electron chi connectivity index (χ0n) is 4.49. The fraction of sp³-hybridized carbons (Fsp3) is 0.500. The normalized spacial score (nSPS) is 5.12. The number of hydrogen-bond acceptors (Lipinski definition) is 4. The fourth-order valence-electron chi connectivity index (χ4n) is 0. The van der Waals surface area contributed by atoms with Gasteiger partial charge < -0.3 is 9.90 Å². The molecule has 0 radical (unpaired) electrons. The van der Waals surface area contributed by atoms with E-state index in [1.165, 1.54) is 0 Å². The molecular weight excluding hydrogens is 322 g/mol. The summed E-state index contributed by atoms with van der Waals surface area (Å²) in [5.74, 6) is -1.08. The van der Waals surface area contributed by atoms with Gasteiger partial charge in [0.25, 0.3) is 0 Å². The van der Waals surface area contributed by atoms with Gasteiger partial charge in [0.05, 0.1) is 0 Å². The van der Waals surface area contributed by atoms with Crippen LogP contribution in [0.2, 0.25) is 0 Å². The Bertz CT molecular complexity index is 82.0. The summed E-state index contributed by atoms with van der Waals surface area (Å²) in [4.78, 5) is 8.89. The predicted molar refractivity (Wildman–Crippen MR) is 12.1 cm³/mol. The van der Waals surface area contributed by atoms with Crippen LogP contribution in [-0.4, -0.2) is 5.97 Å². The van der Waals surface area contributed by atoms with Crippen molar-refractivity contribution in [2.45, 2.75) is 6.92 Å². The van der Waals surface area contributed by atoms with Gasteiger partial charge in [0.1, 0.15) is 0 Å². The van der Waals surface area contributed by atoms with Gasteiger partial charge in [-0.1, -0.05) is 0 Å². The van der Waals surface area contributed by atoms with E-state index in [1.54, 1.807) is 0 Å². The van der Waals surface area contributed by atoms with Crippen LogP contribution in [0.1, 0.15) is 6.92 Å². The van der Waals surface area contributed by atoms with E-state index in [1.807, 2.05) is 0 Å². The second-order valence-electron chi connectivity index (χ2n) is 0.551. The molecule has 0 fully saturated rings. The molecule has 0 aliphatic rings. The van der Waals surface area contributed by atoms with Gasteiger partial charge in [0.15, 0.2) is 0 Å². The molecular formula is C2H3CsO4Ru. The zero-order valence-corrected chi connectivity index (χ0v) is 12.5. The second kappa shape index (κ2) is 15.9. The van der Waals surface area contributed by atoms with Gasteiger partial charge in [-0.3, -0.25) is 0 Å². The van der Waals surface area contributed by atoms with Gasteiger partial charge in [-0.25, -0.2) is 0 Å². The van der Waals surface area contributed by atoms with Crippen molar-refractivity contribution >= 4 is 5.97 Å².